The van der Waals surface area contributed by atoms with Crippen molar-refractivity contribution in [1.82, 2.24) is 9.97 Å². The first-order chi connectivity index (χ1) is 10.2. The van der Waals surface area contributed by atoms with Gasteiger partial charge in [0.15, 0.2) is 5.82 Å². The van der Waals surface area contributed by atoms with Crippen LogP contribution in [-0.4, -0.2) is 23.7 Å². The maximum absolute atomic E-state index is 6.00. The van der Waals surface area contributed by atoms with E-state index in [1.165, 1.54) is 0 Å². The Morgan fingerprint density at radius 3 is 2.81 bits per heavy atom. The molecular formula is C15H18ClN3O2. The normalized spacial score (nSPS) is 10.4. The van der Waals surface area contributed by atoms with Crippen LogP contribution in [0.2, 0.25) is 5.15 Å². The van der Waals surface area contributed by atoms with Crippen LogP contribution in [0.25, 0.3) is 0 Å². The van der Waals surface area contributed by atoms with E-state index in [1.54, 1.807) is 13.2 Å². The second-order valence-electron chi connectivity index (χ2n) is 4.29. The molecule has 2 rings (SSSR count). The van der Waals surface area contributed by atoms with Crippen LogP contribution in [0.3, 0.4) is 0 Å². The molecule has 1 heterocycles. The second kappa shape index (κ2) is 7.81. The summed E-state index contributed by atoms with van der Waals surface area (Å²) in [5, 5.41) is 3.61. The van der Waals surface area contributed by atoms with Gasteiger partial charge in [-0.25, -0.2) is 9.97 Å². The van der Waals surface area contributed by atoms with Gasteiger partial charge in [0.2, 0.25) is 0 Å². The predicted octanol–water partition coefficient (Wildman–Crippen LogP) is 3.29. The Balaban J connectivity index is 2.07. The minimum atomic E-state index is 0.348. The molecule has 1 aromatic heterocycles. The highest BCUT2D eigenvalue weighted by molar-refractivity contribution is 6.29. The topological polar surface area (TPSA) is 56.3 Å². The van der Waals surface area contributed by atoms with Crippen LogP contribution in [-0.2, 0) is 17.9 Å². The third-order valence-electron chi connectivity index (χ3n) is 2.83. The average molecular weight is 308 g/mol. The van der Waals surface area contributed by atoms with Gasteiger partial charge >= 0.3 is 0 Å². The molecule has 112 valence electrons. The number of nitrogens with zero attached hydrogens (tertiary/aromatic N) is 2. The van der Waals surface area contributed by atoms with Gasteiger partial charge in [0.05, 0.1) is 7.11 Å². The van der Waals surface area contributed by atoms with Crippen molar-refractivity contribution in [2.75, 3.05) is 19.0 Å². The van der Waals surface area contributed by atoms with E-state index in [2.05, 4.69) is 15.3 Å². The molecule has 1 aromatic carbocycles. The Kier molecular flexibility index (Phi) is 5.78. The monoisotopic (exact) mass is 307 g/mol. The van der Waals surface area contributed by atoms with E-state index in [1.807, 2.05) is 31.2 Å². The molecule has 0 aliphatic carbocycles. The molecule has 0 aliphatic heterocycles. The first-order valence-electron chi connectivity index (χ1n) is 6.70. The fourth-order valence-electron chi connectivity index (χ4n) is 1.85. The standard InChI is InChI=1S/C15H18ClN3O2/c1-3-21-10-15-18-13(16)8-14(19-15)17-9-11-6-4-5-7-12(11)20-2/h4-8H,3,9-10H2,1-2H3,(H,17,18,19). The van der Waals surface area contributed by atoms with Crippen LogP contribution in [0, 0.1) is 0 Å². The van der Waals surface area contributed by atoms with Crippen molar-refractivity contribution in [3.8, 4) is 5.75 Å². The fraction of sp³-hybridized carbons (Fsp3) is 0.333. The van der Waals surface area contributed by atoms with Gasteiger partial charge in [-0.15, -0.1) is 0 Å². The molecule has 0 fully saturated rings. The number of anilines is 1. The van der Waals surface area contributed by atoms with Gasteiger partial charge in [0.1, 0.15) is 23.3 Å². The summed E-state index contributed by atoms with van der Waals surface area (Å²) in [4.78, 5) is 8.49. The minimum absolute atomic E-state index is 0.348. The van der Waals surface area contributed by atoms with E-state index in [0.717, 1.165) is 11.3 Å². The third-order valence-corrected chi connectivity index (χ3v) is 3.02. The molecule has 6 heteroatoms. The number of para-hydroxylation sites is 1. The third kappa shape index (κ3) is 4.58. The number of hydrogen-bond donors (Lipinski definition) is 1. The Bertz CT molecular complexity index is 593. The van der Waals surface area contributed by atoms with Crippen LogP contribution in [0.5, 0.6) is 5.75 Å². The van der Waals surface area contributed by atoms with Gasteiger partial charge in [0.25, 0.3) is 0 Å². The SMILES string of the molecule is CCOCc1nc(Cl)cc(NCc2ccccc2OC)n1. The quantitative estimate of drug-likeness (QED) is 0.796. The van der Waals surface area contributed by atoms with Crippen LogP contribution in [0.15, 0.2) is 30.3 Å². The number of halogens is 1. The fourth-order valence-corrected chi connectivity index (χ4v) is 2.05. The summed E-state index contributed by atoms with van der Waals surface area (Å²) in [6, 6.07) is 9.50. The van der Waals surface area contributed by atoms with Gasteiger partial charge in [-0.3, -0.25) is 0 Å². The summed E-state index contributed by atoms with van der Waals surface area (Å²) in [5.41, 5.74) is 1.04. The van der Waals surface area contributed by atoms with E-state index in [0.29, 0.717) is 36.6 Å². The Hall–Kier alpha value is -1.85. The Morgan fingerprint density at radius 2 is 2.05 bits per heavy atom. The lowest BCUT2D eigenvalue weighted by Gasteiger charge is -2.11. The molecule has 0 radical (unpaired) electrons. The number of nitrogens with one attached hydrogen (secondary N) is 1. The molecule has 0 spiro atoms. The number of aromatic nitrogens is 2. The molecule has 0 aliphatic rings. The van der Waals surface area contributed by atoms with Crippen LogP contribution >= 0.6 is 11.6 Å². The second-order valence-corrected chi connectivity index (χ2v) is 4.68. The summed E-state index contributed by atoms with van der Waals surface area (Å²) < 4.78 is 10.6. The molecular weight excluding hydrogens is 290 g/mol. The van der Waals surface area contributed by atoms with E-state index in [9.17, 15) is 0 Å². The lowest BCUT2D eigenvalue weighted by Crippen LogP contribution is -2.06. The summed E-state index contributed by atoms with van der Waals surface area (Å²) >= 11 is 6.00. The largest absolute Gasteiger partial charge is 0.496 e. The van der Waals surface area contributed by atoms with Gasteiger partial charge in [0, 0.05) is 24.8 Å². The zero-order valence-electron chi connectivity index (χ0n) is 12.1. The molecule has 0 saturated carbocycles. The Morgan fingerprint density at radius 1 is 1.24 bits per heavy atom. The molecule has 21 heavy (non-hydrogen) atoms. The van der Waals surface area contributed by atoms with Crippen molar-refractivity contribution in [3.05, 3.63) is 46.9 Å². The number of methoxy groups -OCH3 is 1. The van der Waals surface area contributed by atoms with Crippen molar-refractivity contribution in [3.63, 3.8) is 0 Å². The number of ether oxygens (including phenoxy) is 2. The number of benzene rings is 1. The molecule has 0 unspecified atom stereocenters. The van der Waals surface area contributed by atoms with Gasteiger partial charge in [-0.1, -0.05) is 29.8 Å². The van der Waals surface area contributed by atoms with Gasteiger partial charge < -0.3 is 14.8 Å². The highest BCUT2D eigenvalue weighted by Gasteiger charge is 2.05. The van der Waals surface area contributed by atoms with Crippen molar-refractivity contribution in [2.45, 2.75) is 20.1 Å². The summed E-state index contributed by atoms with van der Waals surface area (Å²) in [7, 11) is 1.65. The predicted molar refractivity (Wildman–Crippen MR) is 82.7 cm³/mol. The first-order valence-corrected chi connectivity index (χ1v) is 7.07. The van der Waals surface area contributed by atoms with Crippen molar-refractivity contribution in [2.24, 2.45) is 0 Å². The highest BCUT2D eigenvalue weighted by atomic mass is 35.5. The Labute approximate surface area is 129 Å². The van der Waals surface area contributed by atoms with Crippen molar-refractivity contribution in [1.29, 1.82) is 0 Å². The van der Waals surface area contributed by atoms with Gasteiger partial charge in [-0.05, 0) is 13.0 Å². The van der Waals surface area contributed by atoms with Crippen LogP contribution < -0.4 is 10.1 Å². The van der Waals surface area contributed by atoms with E-state index < -0.39 is 0 Å². The zero-order valence-corrected chi connectivity index (χ0v) is 12.9. The van der Waals surface area contributed by atoms with E-state index >= 15 is 0 Å². The first kappa shape index (κ1) is 15.5. The summed E-state index contributed by atoms with van der Waals surface area (Å²) in [6.45, 7) is 3.47. The lowest BCUT2D eigenvalue weighted by molar-refractivity contribution is 0.128. The number of rotatable bonds is 7. The smallest absolute Gasteiger partial charge is 0.158 e. The van der Waals surface area contributed by atoms with E-state index in [4.69, 9.17) is 21.1 Å². The highest BCUT2D eigenvalue weighted by Crippen LogP contribution is 2.19. The van der Waals surface area contributed by atoms with E-state index in [-0.39, 0.29) is 0 Å². The molecule has 2 aromatic rings. The van der Waals surface area contributed by atoms with Gasteiger partial charge in [-0.2, -0.15) is 0 Å². The van der Waals surface area contributed by atoms with Crippen LogP contribution in [0.4, 0.5) is 5.82 Å². The molecule has 5 nitrogen and oxygen atoms in total. The summed E-state index contributed by atoms with van der Waals surface area (Å²) in [6.07, 6.45) is 0. The molecule has 1 N–H and O–H groups in total. The number of hydrogen-bond acceptors (Lipinski definition) is 5. The van der Waals surface area contributed by atoms with Crippen LogP contribution in [0.1, 0.15) is 18.3 Å². The summed E-state index contributed by atoms with van der Waals surface area (Å²) in [5.74, 6) is 2.06. The zero-order chi connectivity index (χ0) is 15.1. The molecule has 0 amide bonds. The van der Waals surface area contributed by atoms with Crippen molar-refractivity contribution < 1.29 is 9.47 Å². The average Bonchev–Trinajstić information content (AvgIpc) is 2.50. The molecule has 0 bridgehead atoms. The maximum Gasteiger partial charge on any atom is 0.158 e. The molecule has 0 atom stereocenters. The lowest BCUT2D eigenvalue weighted by atomic mass is 10.2. The molecule has 0 saturated heterocycles. The van der Waals surface area contributed by atoms with Crippen molar-refractivity contribution >= 4 is 17.4 Å². The maximum atomic E-state index is 6.00. The minimum Gasteiger partial charge on any atom is -0.496 e.